The summed E-state index contributed by atoms with van der Waals surface area (Å²) >= 11 is 0. The third-order valence-electron chi connectivity index (χ3n) is 4.63. The molecule has 0 radical (unpaired) electrons. The SMILES string of the molecule is CC(=O)NS(=O)(=O)c1ccc(NC(=O)CN2C(=O)[C@H]3CC=CC[C@@H]3C2=O)cc1. The molecule has 2 N–H and O–H groups in total. The Morgan fingerprint density at radius 2 is 1.57 bits per heavy atom. The van der Waals surface area contributed by atoms with Gasteiger partial charge in [-0.15, -0.1) is 0 Å². The Hall–Kier alpha value is -3.01. The van der Waals surface area contributed by atoms with E-state index in [0.29, 0.717) is 18.5 Å². The monoisotopic (exact) mass is 405 g/mol. The lowest BCUT2D eigenvalue weighted by Crippen LogP contribution is -2.38. The van der Waals surface area contributed by atoms with Crippen LogP contribution in [0.4, 0.5) is 5.69 Å². The molecular weight excluding hydrogens is 386 g/mol. The Kier molecular flexibility index (Phi) is 5.32. The first kappa shape index (κ1) is 19.7. The molecular formula is C18H19N3O6S. The Bertz CT molecular complexity index is 942. The fraction of sp³-hybridized carbons (Fsp3) is 0.333. The smallest absolute Gasteiger partial charge is 0.264 e. The summed E-state index contributed by atoms with van der Waals surface area (Å²) in [6.07, 6.45) is 4.73. The molecule has 2 aliphatic rings. The van der Waals surface area contributed by atoms with E-state index in [0.717, 1.165) is 11.8 Å². The highest BCUT2D eigenvalue weighted by Gasteiger charge is 2.47. The van der Waals surface area contributed by atoms with Crippen LogP contribution >= 0.6 is 0 Å². The van der Waals surface area contributed by atoms with Gasteiger partial charge < -0.3 is 5.32 Å². The van der Waals surface area contributed by atoms with E-state index in [1.54, 1.807) is 0 Å². The minimum Gasteiger partial charge on any atom is -0.325 e. The number of hydrogen-bond acceptors (Lipinski definition) is 6. The summed E-state index contributed by atoms with van der Waals surface area (Å²) in [5, 5.41) is 2.53. The largest absolute Gasteiger partial charge is 0.325 e. The molecule has 0 bridgehead atoms. The molecule has 3 rings (SSSR count). The van der Waals surface area contributed by atoms with Gasteiger partial charge in [-0.25, -0.2) is 13.1 Å². The van der Waals surface area contributed by atoms with Gasteiger partial charge in [-0.2, -0.15) is 0 Å². The number of hydrogen-bond donors (Lipinski definition) is 2. The van der Waals surface area contributed by atoms with Crippen molar-refractivity contribution >= 4 is 39.3 Å². The number of benzene rings is 1. The van der Waals surface area contributed by atoms with Crippen LogP contribution in [0.5, 0.6) is 0 Å². The topological polar surface area (TPSA) is 130 Å². The lowest BCUT2D eigenvalue weighted by molar-refractivity contribution is -0.142. The highest BCUT2D eigenvalue weighted by molar-refractivity contribution is 7.90. The van der Waals surface area contributed by atoms with E-state index in [1.165, 1.54) is 24.3 Å². The van der Waals surface area contributed by atoms with E-state index in [4.69, 9.17) is 0 Å². The molecule has 1 aromatic carbocycles. The molecule has 0 unspecified atom stereocenters. The summed E-state index contributed by atoms with van der Waals surface area (Å²) < 4.78 is 25.6. The standard InChI is InChI=1S/C18H19N3O6S/c1-11(22)20-28(26,27)13-8-6-12(7-9-13)19-16(23)10-21-17(24)14-4-2-3-5-15(14)18(21)25/h2-3,6-9,14-15H,4-5,10H2,1H3,(H,19,23)(H,20,22)/t14-,15-/m0/s1. The summed E-state index contributed by atoms with van der Waals surface area (Å²) in [6.45, 7) is 0.690. The summed E-state index contributed by atoms with van der Waals surface area (Å²) in [7, 11) is -3.97. The van der Waals surface area contributed by atoms with Crippen LogP contribution in [0.15, 0.2) is 41.3 Å². The van der Waals surface area contributed by atoms with Crippen molar-refractivity contribution < 1.29 is 27.6 Å². The second-order valence-corrected chi connectivity index (χ2v) is 8.34. The van der Waals surface area contributed by atoms with Gasteiger partial charge in [0, 0.05) is 12.6 Å². The predicted octanol–water partition coefficient (Wildman–Crippen LogP) is 0.401. The minimum absolute atomic E-state index is 0.137. The minimum atomic E-state index is -3.97. The van der Waals surface area contributed by atoms with Crippen molar-refractivity contribution in [2.75, 3.05) is 11.9 Å². The Morgan fingerprint density at radius 3 is 2.07 bits per heavy atom. The number of allylic oxidation sites excluding steroid dienone is 2. The first-order chi connectivity index (χ1) is 13.2. The van der Waals surface area contributed by atoms with E-state index < -0.39 is 40.2 Å². The molecule has 1 aliphatic carbocycles. The lowest BCUT2D eigenvalue weighted by atomic mass is 9.85. The maximum atomic E-state index is 12.4. The van der Waals surface area contributed by atoms with Crippen molar-refractivity contribution in [2.24, 2.45) is 11.8 Å². The number of sulfonamides is 1. The number of amides is 4. The van der Waals surface area contributed by atoms with E-state index in [9.17, 15) is 27.6 Å². The van der Waals surface area contributed by atoms with Crippen LogP contribution in [0.25, 0.3) is 0 Å². The zero-order valence-electron chi connectivity index (χ0n) is 15.0. The third kappa shape index (κ3) is 3.96. The molecule has 1 aromatic rings. The number of nitrogens with one attached hydrogen (secondary N) is 2. The summed E-state index contributed by atoms with van der Waals surface area (Å²) in [4.78, 5) is 48.8. The normalized spacial score (nSPS) is 21.4. The zero-order chi connectivity index (χ0) is 20.5. The predicted molar refractivity (Wildman–Crippen MR) is 98.1 cm³/mol. The summed E-state index contributed by atoms with van der Waals surface area (Å²) in [6, 6.07) is 5.16. The highest BCUT2D eigenvalue weighted by Crippen LogP contribution is 2.34. The van der Waals surface area contributed by atoms with Crippen molar-refractivity contribution in [3.05, 3.63) is 36.4 Å². The van der Waals surface area contributed by atoms with Gasteiger partial charge in [0.1, 0.15) is 6.54 Å². The van der Waals surface area contributed by atoms with Crippen LogP contribution in [-0.4, -0.2) is 43.5 Å². The maximum Gasteiger partial charge on any atom is 0.264 e. The fourth-order valence-electron chi connectivity index (χ4n) is 3.33. The lowest BCUT2D eigenvalue weighted by Gasteiger charge is -2.14. The number of carbonyl (C=O) groups excluding carboxylic acids is 4. The van der Waals surface area contributed by atoms with Crippen LogP contribution in [0.2, 0.25) is 0 Å². The van der Waals surface area contributed by atoms with Crippen LogP contribution in [-0.2, 0) is 29.2 Å². The van der Waals surface area contributed by atoms with E-state index >= 15 is 0 Å². The fourth-order valence-corrected chi connectivity index (χ4v) is 4.33. The number of fused-ring (bicyclic) bond motifs is 1. The van der Waals surface area contributed by atoms with Gasteiger partial charge >= 0.3 is 0 Å². The van der Waals surface area contributed by atoms with Crippen molar-refractivity contribution in [3.63, 3.8) is 0 Å². The maximum absolute atomic E-state index is 12.4. The second-order valence-electron chi connectivity index (χ2n) is 6.65. The van der Waals surface area contributed by atoms with E-state index in [1.807, 2.05) is 16.9 Å². The molecule has 1 saturated heterocycles. The van der Waals surface area contributed by atoms with Gasteiger partial charge in [0.2, 0.25) is 23.6 Å². The Labute approximate surface area is 161 Å². The molecule has 0 aromatic heterocycles. The number of carbonyl (C=O) groups is 4. The first-order valence-electron chi connectivity index (χ1n) is 8.62. The molecule has 1 aliphatic heterocycles. The average Bonchev–Trinajstić information content (AvgIpc) is 2.86. The summed E-state index contributed by atoms with van der Waals surface area (Å²) in [5.74, 6) is -2.76. The van der Waals surface area contributed by atoms with Crippen molar-refractivity contribution in [2.45, 2.75) is 24.7 Å². The number of anilines is 1. The van der Waals surface area contributed by atoms with Gasteiger partial charge in [0.05, 0.1) is 16.7 Å². The molecule has 0 spiro atoms. The van der Waals surface area contributed by atoms with E-state index in [2.05, 4.69) is 5.32 Å². The quantitative estimate of drug-likeness (QED) is 0.539. The molecule has 9 nitrogen and oxygen atoms in total. The van der Waals surface area contributed by atoms with Crippen molar-refractivity contribution in [3.8, 4) is 0 Å². The molecule has 28 heavy (non-hydrogen) atoms. The van der Waals surface area contributed by atoms with Crippen LogP contribution in [0.1, 0.15) is 19.8 Å². The second kappa shape index (κ2) is 7.55. The zero-order valence-corrected chi connectivity index (χ0v) is 15.9. The van der Waals surface area contributed by atoms with Gasteiger partial charge in [-0.1, -0.05) is 12.2 Å². The van der Waals surface area contributed by atoms with Crippen molar-refractivity contribution in [1.82, 2.24) is 9.62 Å². The Morgan fingerprint density at radius 1 is 1.04 bits per heavy atom. The molecule has 148 valence electrons. The molecule has 4 amide bonds. The molecule has 1 heterocycles. The van der Waals surface area contributed by atoms with Gasteiger partial charge in [0.25, 0.3) is 10.0 Å². The Balaban J connectivity index is 1.63. The molecule has 10 heteroatoms. The van der Waals surface area contributed by atoms with Crippen molar-refractivity contribution in [1.29, 1.82) is 0 Å². The average molecular weight is 405 g/mol. The van der Waals surface area contributed by atoms with E-state index in [-0.39, 0.29) is 16.7 Å². The molecule has 0 saturated carbocycles. The van der Waals surface area contributed by atoms with Crippen LogP contribution < -0.4 is 10.0 Å². The number of nitrogens with zero attached hydrogens (tertiary/aromatic N) is 1. The third-order valence-corrected chi connectivity index (χ3v) is 6.08. The number of imide groups is 1. The molecule has 1 fully saturated rings. The first-order valence-corrected chi connectivity index (χ1v) is 10.1. The number of likely N-dealkylation sites (tertiary alicyclic amines) is 1. The van der Waals surface area contributed by atoms with Crippen LogP contribution in [0, 0.1) is 11.8 Å². The summed E-state index contributed by atoms with van der Waals surface area (Å²) in [5.41, 5.74) is 0.296. The van der Waals surface area contributed by atoms with Crippen LogP contribution in [0.3, 0.4) is 0 Å². The van der Waals surface area contributed by atoms with Gasteiger partial charge in [-0.05, 0) is 37.1 Å². The number of rotatable bonds is 5. The highest BCUT2D eigenvalue weighted by atomic mass is 32.2. The molecule has 2 atom stereocenters. The van der Waals surface area contributed by atoms with Gasteiger partial charge in [-0.3, -0.25) is 24.1 Å². The van der Waals surface area contributed by atoms with Gasteiger partial charge in [0.15, 0.2) is 0 Å².